The number of methoxy groups -OCH3 is 1. The second-order valence-electron chi connectivity index (χ2n) is 4.22. The number of carboxylic acids is 1. The van der Waals surface area contributed by atoms with Crippen LogP contribution in [0.2, 0.25) is 0 Å². The highest BCUT2D eigenvalue weighted by molar-refractivity contribution is 5.93. The van der Waals surface area contributed by atoms with E-state index in [9.17, 15) is 4.79 Å². The van der Waals surface area contributed by atoms with Crippen molar-refractivity contribution in [3.05, 3.63) is 23.9 Å². The number of rotatable bonds is 4. The molecule has 0 radical (unpaired) electrons. The van der Waals surface area contributed by atoms with Crippen LogP contribution in [0.1, 0.15) is 29.6 Å². The molecule has 0 aliphatic heterocycles. The number of hydrogen-bond acceptors (Lipinski definition) is 4. The van der Waals surface area contributed by atoms with Gasteiger partial charge >= 0.3 is 5.97 Å². The van der Waals surface area contributed by atoms with Gasteiger partial charge in [-0.25, -0.2) is 9.78 Å². The molecular formula is C12H16N2O3. The van der Waals surface area contributed by atoms with Gasteiger partial charge in [-0.2, -0.15) is 0 Å². The van der Waals surface area contributed by atoms with E-state index in [-0.39, 0.29) is 17.7 Å². The van der Waals surface area contributed by atoms with Crippen molar-refractivity contribution < 1.29 is 14.6 Å². The van der Waals surface area contributed by atoms with Gasteiger partial charge in [-0.05, 0) is 31.4 Å². The van der Waals surface area contributed by atoms with E-state index in [0.29, 0.717) is 5.82 Å². The standard InChI is InChI=1S/C12H16N2O3/c1-17-9-5-4-8(7-9)14-11-10(12(15)16)3-2-6-13-11/h2-3,6,8-9H,4-5,7H2,1H3,(H,13,14)(H,15,16). The lowest BCUT2D eigenvalue weighted by molar-refractivity contribution is 0.0697. The topological polar surface area (TPSA) is 71.5 Å². The molecule has 1 aliphatic rings. The SMILES string of the molecule is COC1CCC(Nc2ncccc2C(=O)O)C1. The number of hydrogen-bond donors (Lipinski definition) is 2. The molecule has 17 heavy (non-hydrogen) atoms. The van der Waals surface area contributed by atoms with Gasteiger partial charge in [-0.3, -0.25) is 0 Å². The van der Waals surface area contributed by atoms with Crippen LogP contribution in [0.4, 0.5) is 5.82 Å². The Morgan fingerprint density at radius 3 is 3.06 bits per heavy atom. The predicted octanol–water partition coefficient (Wildman–Crippen LogP) is 1.76. The summed E-state index contributed by atoms with van der Waals surface area (Å²) in [6.07, 6.45) is 4.74. The maximum atomic E-state index is 11.0. The number of pyridine rings is 1. The van der Waals surface area contributed by atoms with Crippen molar-refractivity contribution in [3.8, 4) is 0 Å². The van der Waals surface area contributed by atoms with Crippen molar-refractivity contribution in [1.29, 1.82) is 0 Å². The summed E-state index contributed by atoms with van der Waals surface area (Å²) in [5.74, 6) is -0.511. The van der Waals surface area contributed by atoms with Crippen molar-refractivity contribution in [2.75, 3.05) is 12.4 Å². The van der Waals surface area contributed by atoms with Gasteiger partial charge in [0.25, 0.3) is 0 Å². The van der Waals surface area contributed by atoms with Gasteiger partial charge in [-0.1, -0.05) is 0 Å². The van der Waals surface area contributed by atoms with Crippen LogP contribution in [0.25, 0.3) is 0 Å². The number of carbonyl (C=O) groups is 1. The zero-order valence-corrected chi connectivity index (χ0v) is 9.72. The fourth-order valence-electron chi connectivity index (χ4n) is 2.17. The first-order valence-corrected chi connectivity index (χ1v) is 5.68. The Morgan fingerprint density at radius 2 is 2.41 bits per heavy atom. The van der Waals surface area contributed by atoms with Crippen LogP contribution in [-0.2, 0) is 4.74 Å². The molecule has 1 aromatic heterocycles. The molecule has 0 bridgehead atoms. The third kappa shape index (κ3) is 2.74. The van der Waals surface area contributed by atoms with E-state index in [1.807, 2.05) is 0 Å². The lowest BCUT2D eigenvalue weighted by Crippen LogP contribution is -2.20. The van der Waals surface area contributed by atoms with Gasteiger partial charge in [0.15, 0.2) is 0 Å². The molecule has 1 aromatic rings. The Hall–Kier alpha value is -1.62. The van der Waals surface area contributed by atoms with Crippen LogP contribution in [0.15, 0.2) is 18.3 Å². The fourth-order valence-corrected chi connectivity index (χ4v) is 2.17. The second kappa shape index (κ2) is 5.14. The minimum atomic E-state index is -0.957. The largest absolute Gasteiger partial charge is 0.478 e. The average molecular weight is 236 g/mol. The first-order valence-electron chi connectivity index (χ1n) is 5.68. The molecule has 2 unspecified atom stereocenters. The van der Waals surface area contributed by atoms with E-state index in [1.165, 1.54) is 0 Å². The van der Waals surface area contributed by atoms with Crippen LogP contribution in [0.5, 0.6) is 0 Å². The van der Waals surface area contributed by atoms with E-state index >= 15 is 0 Å². The molecule has 0 saturated heterocycles. The molecule has 5 nitrogen and oxygen atoms in total. The van der Waals surface area contributed by atoms with E-state index in [4.69, 9.17) is 9.84 Å². The molecule has 0 aromatic carbocycles. The predicted molar refractivity (Wildman–Crippen MR) is 63.3 cm³/mol. The highest BCUT2D eigenvalue weighted by atomic mass is 16.5. The normalized spacial score (nSPS) is 23.6. The number of ether oxygens (including phenoxy) is 1. The monoisotopic (exact) mass is 236 g/mol. The Kier molecular flexibility index (Phi) is 3.58. The number of anilines is 1. The van der Waals surface area contributed by atoms with Crippen LogP contribution in [0, 0.1) is 0 Å². The van der Waals surface area contributed by atoms with Gasteiger partial charge in [0.05, 0.1) is 6.10 Å². The Balaban J connectivity index is 2.06. The van der Waals surface area contributed by atoms with Crippen molar-refractivity contribution in [3.63, 3.8) is 0 Å². The van der Waals surface area contributed by atoms with E-state index in [2.05, 4.69) is 10.3 Å². The molecule has 2 atom stereocenters. The van der Waals surface area contributed by atoms with Crippen molar-refractivity contribution >= 4 is 11.8 Å². The quantitative estimate of drug-likeness (QED) is 0.833. The molecule has 5 heteroatoms. The average Bonchev–Trinajstić information content (AvgIpc) is 2.77. The molecule has 2 N–H and O–H groups in total. The molecule has 1 aliphatic carbocycles. The number of carboxylic acid groups (broad SMARTS) is 1. The summed E-state index contributed by atoms with van der Waals surface area (Å²) >= 11 is 0. The minimum absolute atomic E-state index is 0.216. The first kappa shape index (κ1) is 11.9. The van der Waals surface area contributed by atoms with Gasteiger partial charge in [0, 0.05) is 19.3 Å². The molecule has 1 saturated carbocycles. The third-order valence-corrected chi connectivity index (χ3v) is 3.10. The van der Waals surface area contributed by atoms with Gasteiger partial charge in [0.2, 0.25) is 0 Å². The summed E-state index contributed by atoms with van der Waals surface area (Å²) in [5.41, 5.74) is 0.216. The van der Waals surface area contributed by atoms with Gasteiger partial charge in [0.1, 0.15) is 11.4 Å². The summed E-state index contributed by atoms with van der Waals surface area (Å²) in [6, 6.07) is 3.43. The molecule has 1 fully saturated rings. The highest BCUT2D eigenvalue weighted by Crippen LogP contribution is 2.25. The number of aromatic nitrogens is 1. The van der Waals surface area contributed by atoms with Crippen molar-refractivity contribution in [2.24, 2.45) is 0 Å². The first-order chi connectivity index (χ1) is 8.20. The summed E-state index contributed by atoms with van der Waals surface area (Å²) in [4.78, 5) is 15.1. The molecule has 92 valence electrons. The number of aromatic carboxylic acids is 1. The summed E-state index contributed by atoms with van der Waals surface area (Å²) in [7, 11) is 1.70. The molecule has 0 amide bonds. The Bertz CT molecular complexity index is 408. The highest BCUT2D eigenvalue weighted by Gasteiger charge is 2.25. The molecule has 0 spiro atoms. The number of nitrogens with zero attached hydrogens (tertiary/aromatic N) is 1. The summed E-state index contributed by atoms with van der Waals surface area (Å²) in [5, 5.41) is 12.2. The Morgan fingerprint density at radius 1 is 1.59 bits per heavy atom. The fraction of sp³-hybridized carbons (Fsp3) is 0.500. The van der Waals surface area contributed by atoms with Crippen molar-refractivity contribution in [1.82, 2.24) is 4.98 Å². The Labute approximate surface area is 99.8 Å². The van der Waals surface area contributed by atoms with Crippen LogP contribution < -0.4 is 5.32 Å². The molecule has 1 heterocycles. The summed E-state index contributed by atoms with van der Waals surface area (Å²) < 4.78 is 5.28. The second-order valence-corrected chi connectivity index (χ2v) is 4.22. The smallest absolute Gasteiger partial charge is 0.339 e. The zero-order chi connectivity index (χ0) is 12.3. The third-order valence-electron chi connectivity index (χ3n) is 3.10. The van der Waals surface area contributed by atoms with E-state index < -0.39 is 5.97 Å². The van der Waals surface area contributed by atoms with Crippen LogP contribution >= 0.6 is 0 Å². The zero-order valence-electron chi connectivity index (χ0n) is 9.72. The van der Waals surface area contributed by atoms with E-state index in [1.54, 1.807) is 25.4 Å². The maximum Gasteiger partial charge on any atom is 0.339 e. The maximum absolute atomic E-state index is 11.0. The lowest BCUT2D eigenvalue weighted by atomic mass is 10.2. The molecule has 2 rings (SSSR count). The lowest BCUT2D eigenvalue weighted by Gasteiger charge is -2.14. The molecular weight excluding hydrogens is 220 g/mol. The van der Waals surface area contributed by atoms with Crippen LogP contribution in [-0.4, -0.2) is 35.3 Å². The van der Waals surface area contributed by atoms with Gasteiger partial charge < -0.3 is 15.2 Å². The minimum Gasteiger partial charge on any atom is -0.478 e. The van der Waals surface area contributed by atoms with E-state index in [0.717, 1.165) is 19.3 Å². The van der Waals surface area contributed by atoms with Crippen molar-refractivity contribution in [2.45, 2.75) is 31.4 Å². The summed E-state index contributed by atoms with van der Waals surface area (Å²) in [6.45, 7) is 0. The van der Waals surface area contributed by atoms with Gasteiger partial charge in [-0.15, -0.1) is 0 Å². The number of nitrogens with one attached hydrogen (secondary N) is 1. The van der Waals surface area contributed by atoms with Crippen LogP contribution in [0.3, 0.4) is 0 Å².